The van der Waals surface area contributed by atoms with Crippen LogP contribution in [0.2, 0.25) is 5.02 Å². The summed E-state index contributed by atoms with van der Waals surface area (Å²) in [6.45, 7) is 2.01. The van der Waals surface area contributed by atoms with Crippen molar-refractivity contribution in [1.82, 2.24) is 4.98 Å². The number of hydrogen-bond acceptors (Lipinski definition) is 2. The number of aryl methyl sites for hydroxylation is 1. The molecule has 1 aromatic carbocycles. The van der Waals surface area contributed by atoms with Gasteiger partial charge in [0.25, 0.3) is 0 Å². The molecule has 1 heterocycles. The van der Waals surface area contributed by atoms with Gasteiger partial charge in [0.2, 0.25) is 0 Å². The topological polar surface area (TPSA) is 22.1 Å². The van der Waals surface area contributed by atoms with Crippen molar-refractivity contribution in [2.45, 2.75) is 13.5 Å². The Balaban J connectivity index is 2.05. The molecule has 0 aliphatic carbocycles. The highest BCUT2D eigenvalue weighted by Gasteiger charge is 2.01. The molecule has 0 saturated heterocycles. The molecule has 88 valence electrons. The van der Waals surface area contributed by atoms with Crippen molar-refractivity contribution in [3.63, 3.8) is 0 Å². The minimum absolute atomic E-state index is 0.238. The first-order valence-corrected chi connectivity index (χ1v) is 5.52. The molecule has 0 atom stereocenters. The van der Waals surface area contributed by atoms with Gasteiger partial charge in [-0.1, -0.05) is 11.6 Å². The Labute approximate surface area is 104 Å². The van der Waals surface area contributed by atoms with Crippen molar-refractivity contribution < 1.29 is 9.13 Å². The number of benzene rings is 1. The van der Waals surface area contributed by atoms with E-state index >= 15 is 0 Å². The minimum atomic E-state index is -0.238. The van der Waals surface area contributed by atoms with Crippen LogP contribution in [0.4, 0.5) is 4.39 Å². The lowest BCUT2D eigenvalue weighted by Gasteiger charge is -2.07. The molecule has 2 nitrogen and oxygen atoms in total. The number of nitrogens with zero attached hydrogens (tertiary/aromatic N) is 1. The molecule has 0 fully saturated rings. The summed E-state index contributed by atoms with van der Waals surface area (Å²) in [7, 11) is 0. The van der Waals surface area contributed by atoms with Crippen LogP contribution in [0.25, 0.3) is 0 Å². The van der Waals surface area contributed by atoms with Crippen LogP contribution in [0.1, 0.15) is 11.3 Å². The molecular weight excluding hydrogens is 241 g/mol. The van der Waals surface area contributed by atoms with E-state index in [1.54, 1.807) is 37.4 Å². The van der Waals surface area contributed by atoms with Crippen molar-refractivity contribution in [3.05, 3.63) is 58.6 Å². The van der Waals surface area contributed by atoms with Crippen LogP contribution in [-0.4, -0.2) is 4.98 Å². The predicted molar refractivity (Wildman–Crippen MR) is 64.7 cm³/mol. The second-order valence-corrected chi connectivity index (χ2v) is 4.10. The quantitative estimate of drug-likeness (QED) is 0.829. The van der Waals surface area contributed by atoms with E-state index in [0.29, 0.717) is 22.9 Å². The molecule has 0 spiro atoms. The third kappa shape index (κ3) is 3.17. The minimum Gasteiger partial charge on any atom is -0.487 e. The molecule has 2 rings (SSSR count). The van der Waals surface area contributed by atoms with Crippen LogP contribution >= 0.6 is 11.6 Å². The van der Waals surface area contributed by atoms with E-state index in [0.717, 1.165) is 5.69 Å². The highest BCUT2D eigenvalue weighted by molar-refractivity contribution is 6.30. The maximum Gasteiger partial charge on any atom is 0.130 e. The van der Waals surface area contributed by atoms with Gasteiger partial charge in [0.05, 0.1) is 5.69 Å². The Hall–Kier alpha value is -1.61. The van der Waals surface area contributed by atoms with E-state index < -0.39 is 0 Å². The second kappa shape index (κ2) is 5.15. The fraction of sp³-hybridized carbons (Fsp3) is 0.154. The second-order valence-electron chi connectivity index (χ2n) is 3.67. The van der Waals surface area contributed by atoms with E-state index in [4.69, 9.17) is 16.3 Å². The van der Waals surface area contributed by atoms with Gasteiger partial charge in [-0.25, -0.2) is 4.39 Å². The molecule has 1 aromatic heterocycles. The summed E-state index contributed by atoms with van der Waals surface area (Å²) in [6.07, 6.45) is 1.62. The Morgan fingerprint density at radius 1 is 1.29 bits per heavy atom. The van der Waals surface area contributed by atoms with Gasteiger partial charge in [-0.2, -0.15) is 0 Å². The normalized spacial score (nSPS) is 10.3. The third-order valence-corrected chi connectivity index (χ3v) is 2.53. The number of hydrogen-bond donors (Lipinski definition) is 0. The van der Waals surface area contributed by atoms with Gasteiger partial charge in [0.15, 0.2) is 0 Å². The number of rotatable bonds is 3. The molecule has 0 aliphatic heterocycles. The maximum absolute atomic E-state index is 13.0. The van der Waals surface area contributed by atoms with Crippen LogP contribution in [0.3, 0.4) is 0 Å². The number of ether oxygens (including phenoxy) is 1. The molecule has 0 N–H and O–H groups in total. The van der Waals surface area contributed by atoms with Gasteiger partial charge >= 0.3 is 0 Å². The molecule has 0 unspecified atom stereocenters. The largest absolute Gasteiger partial charge is 0.487 e. The maximum atomic E-state index is 13.0. The van der Waals surface area contributed by atoms with Crippen molar-refractivity contribution >= 4 is 11.6 Å². The highest BCUT2D eigenvalue weighted by Crippen LogP contribution is 2.17. The van der Waals surface area contributed by atoms with E-state index in [9.17, 15) is 4.39 Å². The lowest BCUT2D eigenvalue weighted by atomic mass is 10.2. The van der Waals surface area contributed by atoms with Crippen molar-refractivity contribution in [3.8, 4) is 5.75 Å². The SMILES string of the molecule is Cc1cc(OCc2cc(Cl)ccn2)ccc1F. The van der Waals surface area contributed by atoms with Gasteiger partial charge in [0, 0.05) is 11.2 Å². The van der Waals surface area contributed by atoms with Crippen molar-refractivity contribution in [2.24, 2.45) is 0 Å². The molecule has 4 heteroatoms. The van der Waals surface area contributed by atoms with Crippen LogP contribution in [0, 0.1) is 12.7 Å². The predicted octanol–water partition coefficient (Wildman–Crippen LogP) is 3.76. The first-order chi connectivity index (χ1) is 8.15. The van der Waals surface area contributed by atoms with Gasteiger partial charge in [0.1, 0.15) is 18.2 Å². The molecule has 0 amide bonds. The number of pyridine rings is 1. The Bertz CT molecular complexity index is 531. The molecule has 2 aromatic rings. The zero-order valence-corrected chi connectivity index (χ0v) is 10.0. The summed E-state index contributed by atoms with van der Waals surface area (Å²) in [4.78, 5) is 4.11. The molecule has 0 aliphatic rings. The summed E-state index contributed by atoms with van der Waals surface area (Å²) in [5, 5.41) is 0.619. The average Bonchev–Trinajstić information content (AvgIpc) is 2.31. The Morgan fingerprint density at radius 2 is 2.12 bits per heavy atom. The fourth-order valence-corrected chi connectivity index (χ4v) is 1.57. The smallest absolute Gasteiger partial charge is 0.130 e. The van der Waals surface area contributed by atoms with Gasteiger partial charge in [-0.3, -0.25) is 4.98 Å². The zero-order chi connectivity index (χ0) is 12.3. The van der Waals surface area contributed by atoms with Crippen LogP contribution < -0.4 is 4.74 Å². The lowest BCUT2D eigenvalue weighted by molar-refractivity contribution is 0.300. The Kier molecular flexibility index (Phi) is 3.59. The summed E-state index contributed by atoms with van der Waals surface area (Å²) in [5.41, 5.74) is 1.29. The lowest BCUT2D eigenvalue weighted by Crippen LogP contribution is -1.98. The zero-order valence-electron chi connectivity index (χ0n) is 9.28. The van der Waals surface area contributed by atoms with Crippen LogP contribution in [0.15, 0.2) is 36.5 Å². The van der Waals surface area contributed by atoms with Crippen LogP contribution in [0.5, 0.6) is 5.75 Å². The first kappa shape index (κ1) is 11.9. The summed E-state index contributed by atoms with van der Waals surface area (Å²) < 4.78 is 18.5. The van der Waals surface area contributed by atoms with Crippen LogP contribution in [-0.2, 0) is 6.61 Å². The standard InChI is InChI=1S/C13H11ClFNO/c1-9-6-12(2-3-13(9)15)17-8-11-7-10(14)4-5-16-11/h2-7H,8H2,1H3. The molecule has 0 bridgehead atoms. The molecule has 0 saturated carbocycles. The third-order valence-electron chi connectivity index (χ3n) is 2.29. The van der Waals surface area contributed by atoms with E-state index in [-0.39, 0.29) is 5.82 Å². The summed E-state index contributed by atoms with van der Waals surface area (Å²) in [6, 6.07) is 8.06. The highest BCUT2D eigenvalue weighted by atomic mass is 35.5. The summed E-state index contributed by atoms with van der Waals surface area (Å²) >= 11 is 5.83. The van der Waals surface area contributed by atoms with E-state index in [2.05, 4.69) is 4.98 Å². The van der Waals surface area contributed by atoms with Gasteiger partial charge in [-0.05, 0) is 42.8 Å². The molecule has 17 heavy (non-hydrogen) atoms. The first-order valence-electron chi connectivity index (χ1n) is 5.14. The van der Waals surface area contributed by atoms with Crippen molar-refractivity contribution in [2.75, 3.05) is 0 Å². The van der Waals surface area contributed by atoms with Gasteiger partial charge < -0.3 is 4.74 Å². The fourth-order valence-electron chi connectivity index (χ4n) is 1.39. The number of aromatic nitrogens is 1. The average molecular weight is 252 g/mol. The van der Waals surface area contributed by atoms with Gasteiger partial charge in [-0.15, -0.1) is 0 Å². The van der Waals surface area contributed by atoms with Crippen molar-refractivity contribution in [1.29, 1.82) is 0 Å². The summed E-state index contributed by atoms with van der Waals surface area (Å²) in [5.74, 6) is 0.379. The Morgan fingerprint density at radius 3 is 2.82 bits per heavy atom. The molecule has 0 radical (unpaired) electrons. The number of halogens is 2. The van der Waals surface area contributed by atoms with E-state index in [1.807, 2.05) is 0 Å². The monoisotopic (exact) mass is 251 g/mol. The molecular formula is C13H11ClFNO. The van der Waals surface area contributed by atoms with E-state index in [1.165, 1.54) is 6.07 Å².